The molecule has 1 fully saturated rings. The lowest BCUT2D eigenvalue weighted by molar-refractivity contribution is -0.152. The number of rotatable bonds is 12. The van der Waals surface area contributed by atoms with E-state index in [-0.39, 0.29) is 24.4 Å². The number of carbonyl (C=O) groups is 4. The summed E-state index contributed by atoms with van der Waals surface area (Å²) < 4.78 is 11.9. The Bertz CT molecular complexity index is 1700. The van der Waals surface area contributed by atoms with Crippen LogP contribution in [0.3, 0.4) is 0 Å². The zero-order valence-corrected chi connectivity index (χ0v) is 30.0. The van der Waals surface area contributed by atoms with Crippen molar-refractivity contribution < 1.29 is 28.7 Å². The molecule has 48 heavy (non-hydrogen) atoms. The number of ketones is 2. The van der Waals surface area contributed by atoms with Crippen molar-refractivity contribution in [2.24, 2.45) is 0 Å². The maximum Gasteiger partial charge on any atom is 0.313 e. The van der Waals surface area contributed by atoms with Gasteiger partial charge in [-0.25, -0.2) is 0 Å². The minimum Gasteiger partial charge on any atom is -0.456 e. The number of carbonyl (C=O) groups excluding carboxylic acids is 4. The van der Waals surface area contributed by atoms with E-state index in [1.54, 1.807) is 22.7 Å². The third-order valence-electron chi connectivity index (χ3n) is 9.08. The first-order chi connectivity index (χ1) is 23.2. The molecule has 2 aromatic carbocycles. The molecule has 1 saturated carbocycles. The second-order valence-electron chi connectivity index (χ2n) is 12.8. The number of benzene rings is 2. The number of fused-ring (bicyclic) bond motifs is 6. The highest BCUT2D eigenvalue weighted by Crippen LogP contribution is 2.64. The van der Waals surface area contributed by atoms with Gasteiger partial charge < -0.3 is 9.47 Å². The quantitative estimate of drug-likeness (QED) is 0.106. The molecule has 0 bridgehead atoms. The van der Waals surface area contributed by atoms with Crippen molar-refractivity contribution in [3.8, 4) is 0 Å². The van der Waals surface area contributed by atoms with Gasteiger partial charge in [0.25, 0.3) is 0 Å². The van der Waals surface area contributed by atoms with E-state index in [0.717, 1.165) is 33.7 Å². The van der Waals surface area contributed by atoms with Gasteiger partial charge in [0, 0.05) is 64.5 Å². The molecule has 0 amide bonds. The Morgan fingerprint density at radius 2 is 1.04 bits per heavy atom. The summed E-state index contributed by atoms with van der Waals surface area (Å²) in [6.07, 6.45) is 2.04. The molecule has 4 heterocycles. The summed E-state index contributed by atoms with van der Waals surface area (Å²) in [5.74, 6) is -0.439. The number of thioether (sulfide) groups is 2. The number of Topliss-reactive ketones (excluding diaryl/α,β-unsaturated/α-hetero) is 2. The maximum absolute atomic E-state index is 12.6. The molecule has 6 unspecified atom stereocenters. The Kier molecular flexibility index (Phi) is 9.96. The van der Waals surface area contributed by atoms with E-state index in [9.17, 15) is 19.2 Å². The molecule has 0 radical (unpaired) electrons. The Morgan fingerprint density at radius 3 is 1.42 bits per heavy atom. The number of esters is 2. The van der Waals surface area contributed by atoms with Crippen LogP contribution in [-0.2, 0) is 41.5 Å². The summed E-state index contributed by atoms with van der Waals surface area (Å²) in [6, 6.07) is 24.5. The highest BCUT2D eigenvalue weighted by Gasteiger charge is 2.49. The number of hydrogen-bond donors (Lipinski definition) is 0. The van der Waals surface area contributed by atoms with Crippen LogP contribution in [0.15, 0.2) is 82.6 Å². The summed E-state index contributed by atoms with van der Waals surface area (Å²) in [4.78, 5) is 55.9. The molecule has 0 spiro atoms. The normalized spacial score (nSPS) is 21.7. The Balaban J connectivity index is 1.07. The Hall–Kier alpha value is -3.18. The van der Waals surface area contributed by atoms with Crippen molar-refractivity contribution in [3.05, 3.63) is 103 Å². The monoisotopic (exact) mass is 716 g/mol. The third-order valence-corrected chi connectivity index (χ3v) is 14.9. The van der Waals surface area contributed by atoms with Crippen molar-refractivity contribution >= 4 is 69.7 Å². The van der Waals surface area contributed by atoms with Gasteiger partial charge in [-0.2, -0.15) is 0 Å². The highest BCUT2D eigenvalue weighted by molar-refractivity contribution is 8.01. The average molecular weight is 717 g/mol. The lowest BCUT2D eigenvalue weighted by Gasteiger charge is -2.34. The van der Waals surface area contributed by atoms with Gasteiger partial charge in [0.1, 0.15) is 36.6 Å². The smallest absolute Gasteiger partial charge is 0.313 e. The standard InChI is InChI=1S/C38H36O6S4/c1-21(39)13-35(41)43-27(15-23-9-5-3-6-10-23)31-19-33-37(47-31)25-17-30-26(18-29(25)45-33)38-34(46-30)20-32(48-38)28(44-36(42)14-22(2)40)16-24-11-7-4-8-12-24/h3-12,19-20,25-30H,13-18H2,1-2H3. The van der Waals surface area contributed by atoms with Gasteiger partial charge in [-0.3, -0.25) is 19.2 Å². The molecule has 7 rings (SSSR count). The van der Waals surface area contributed by atoms with Crippen LogP contribution in [0.25, 0.3) is 0 Å². The Labute approximate surface area is 297 Å². The van der Waals surface area contributed by atoms with Crippen molar-refractivity contribution in [1.29, 1.82) is 0 Å². The first-order valence-electron chi connectivity index (χ1n) is 16.3. The molecule has 0 saturated heterocycles. The van der Waals surface area contributed by atoms with Crippen molar-refractivity contribution in [2.45, 2.75) is 96.7 Å². The average Bonchev–Trinajstić information content (AvgIpc) is 3.79. The topological polar surface area (TPSA) is 86.7 Å². The molecule has 10 heteroatoms. The number of ether oxygens (including phenoxy) is 2. The van der Waals surface area contributed by atoms with Gasteiger partial charge in [-0.15, -0.1) is 46.2 Å². The Morgan fingerprint density at radius 1 is 0.646 bits per heavy atom. The maximum atomic E-state index is 12.6. The predicted octanol–water partition coefficient (Wildman–Crippen LogP) is 9.03. The van der Waals surface area contributed by atoms with Crippen LogP contribution in [0, 0.1) is 0 Å². The van der Waals surface area contributed by atoms with E-state index in [2.05, 4.69) is 12.1 Å². The molecule has 0 N–H and O–H groups in total. The first kappa shape index (κ1) is 33.3. The number of thiophene rings is 2. The first-order valence-corrected chi connectivity index (χ1v) is 19.7. The second-order valence-corrected chi connectivity index (χ2v) is 17.6. The van der Waals surface area contributed by atoms with Gasteiger partial charge in [0.15, 0.2) is 0 Å². The van der Waals surface area contributed by atoms with Crippen LogP contribution in [0.1, 0.15) is 94.2 Å². The van der Waals surface area contributed by atoms with E-state index in [1.807, 2.05) is 84.2 Å². The van der Waals surface area contributed by atoms with Crippen molar-refractivity contribution in [1.82, 2.24) is 0 Å². The van der Waals surface area contributed by atoms with Gasteiger partial charge in [-0.05, 0) is 49.9 Å². The molecule has 1 aliphatic carbocycles. The molecule has 6 atom stereocenters. The fourth-order valence-corrected chi connectivity index (χ4v) is 13.4. The van der Waals surface area contributed by atoms with E-state index in [4.69, 9.17) is 9.47 Å². The van der Waals surface area contributed by atoms with Crippen LogP contribution < -0.4 is 0 Å². The van der Waals surface area contributed by atoms with E-state index >= 15 is 0 Å². The van der Waals surface area contributed by atoms with Crippen LogP contribution in [0.5, 0.6) is 0 Å². The summed E-state index contributed by atoms with van der Waals surface area (Å²) in [5, 5.41) is 0.972. The van der Waals surface area contributed by atoms with Crippen LogP contribution in [-0.4, -0.2) is 34.0 Å². The largest absolute Gasteiger partial charge is 0.456 e. The fourth-order valence-electron chi connectivity index (χ4n) is 6.97. The van der Waals surface area contributed by atoms with Gasteiger partial charge in [-0.1, -0.05) is 60.7 Å². The van der Waals surface area contributed by atoms with Crippen LogP contribution in [0.2, 0.25) is 0 Å². The minimum atomic E-state index is -0.476. The third kappa shape index (κ3) is 7.37. The van der Waals surface area contributed by atoms with Crippen molar-refractivity contribution in [2.75, 3.05) is 0 Å². The molecular formula is C38H36O6S4. The van der Waals surface area contributed by atoms with Crippen LogP contribution in [0.4, 0.5) is 0 Å². The summed E-state index contributed by atoms with van der Waals surface area (Å²) in [7, 11) is 0. The minimum absolute atomic E-state index is 0.197. The molecule has 6 nitrogen and oxygen atoms in total. The molecule has 248 valence electrons. The van der Waals surface area contributed by atoms with Crippen LogP contribution >= 0.6 is 46.2 Å². The number of hydrogen-bond acceptors (Lipinski definition) is 10. The van der Waals surface area contributed by atoms with Gasteiger partial charge >= 0.3 is 11.9 Å². The predicted molar refractivity (Wildman–Crippen MR) is 191 cm³/mol. The lowest BCUT2D eigenvalue weighted by atomic mass is 9.80. The molecular weight excluding hydrogens is 681 g/mol. The summed E-state index contributed by atoms with van der Waals surface area (Å²) in [6.45, 7) is 2.82. The van der Waals surface area contributed by atoms with E-state index in [1.165, 1.54) is 33.4 Å². The summed E-state index contributed by atoms with van der Waals surface area (Å²) in [5.41, 5.74) is 2.18. The highest BCUT2D eigenvalue weighted by atomic mass is 32.2. The zero-order valence-electron chi connectivity index (χ0n) is 26.7. The SMILES string of the molecule is CC(=O)CC(=O)OC(Cc1ccccc1)c1cc2c(s1)C1CC3Sc4cc(C(Cc5ccccc5)OC(=O)CC(C)=O)sc4C3CC1S2. The van der Waals surface area contributed by atoms with E-state index in [0.29, 0.717) is 35.2 Å². The second kappa shape index (κ2) is 14.4. The molecule has 4 aromatic rings. The zero-order chi connectivity index (χ0) is 33.4. The fraction of sp³-hybridized carbons (Fsp3) is 0.368. The molecule has 3 aliphatic rings. The molecule has 2 aliphatic heterocycles. The van der Waals surface area contributed by atoms with Gasteiger partial charge in [0.2, 0.25) is 0 Å². The summed E-state index contributed by atoms with van der Waals surface area (Å²) >= 11 is 7.46. The van der Waals surface area contributed by atoms with E-state index < -0.39 is 24.1 Å². The van der Waals surface area contributed by atoms with Gasteiger partial charge in [0.05, 0.1) is 0 Å². The molecule has 2 aromatic heterocycles. The van der Waals surface area contributed by atoms with Crippen molar-refractivity contribution in [3.63, 3.8) is 0 Å². The lowest BCUT2D eigenvalue weighted by Crippen LogP contribution is -2.28.